The van der Waals surface area contributed by atoms with Crippen LogP contribution in [-0.4, -0.2) is 23.8 Å². The molecule has 4 heteroatoms. The van der Waals surface area contributed by atoms with Crippen molar-refractivity contribution >= 4 is 7.37 Å². The van der Waals surface area contributed by atoms with Crippen molar-refractivity contribution < 1.29 is 9.46 Å². The molecule has 0 radical (unpaired) electrons. The first-order valence-electron chi connectivity index (χ1n) is 10.7. The molecular formula is C22H40NO2P. The monoisotopic (exact) mass is 381 g/mol. The number of aryl methyl sites for hydroxylation is 1. The summed E-state index contributed by atoms with van der Waals surface area (Å²) in [6, 6.07) is 8.91. The quantitative estimate of drug-likeness (QED) is 0.267. The molecule has 0 spiro atoms. The molecule has 0 aliphatic carbocycles. The van der Waals surface area contributed by atoms with E-state index in [1.165, 1.54) is 62.5 Å². The Labute approximate surface area is 161 Å². The van der Waals surface area contributed by atoms with Gasteiger partial charge in [-0.15, -0.1) is 0 Å². The molecule has 3 nitrogen and oxygen atoms in total. The van der Waals surface area contributed by atoms with E-state index in [1.54, 1.807) is 0 Å². The van der Waals surface area contributed by atoms with Crippen LogP contribution in [0.25, 0.3) is 0 Å². The van der Waals surface area contributed by atoms with E-state index in [1.807, 2.05) is 6.92 Å². The molecule has 2 N–H and O–H groups in total. The molecule has 0 saturated heterocycles. The second-order valence-corrected chi connectivity index (χ2v) is 10.1. The summed E-state index contributed by atoms with van der Waals surface area (Å²) in [6.07, 6.45) is 13.1. The van der Waals surface area contributed by atoms with E-state index >= 15 is 0 Å². The van der Waals surface area contributed by atoms with Gasteiger partial charge in [-0.25, -0.2) is 0 Å². The number of benzene rings is 1. The summed E-state index contributed by atoms with van der Waals surface area (Å²) >= 11 is 0. The molecular weight excluding hydrogens is 341 g/mol. The molecule has 0 amide bonds. The highest BCUT2D eigenvalue weighted by atomic mass is 31.2. The third kappa shape index (κ3) is 11.9. The Kier molecular flexibility index (Phi) is 13.0. The van der Waals surface area contributed by atoms with Gasteiger partial charge in [-0.1, -0.05) is 76.6 Å². The number of rotatable bonds is 16. The van der Waals surface area contributed by atoms with Gasteiger partial charge in [0.1, 0.15) is 0 Å². The highest BCUT2D eigenvalue weighted by molar-refractivity contribution is 7.57. The maximum atomic E-state index is 11.8. The Morgan fingerprint density at radius 2 is 1.42 bits per heavy atom. The van der Waals surface area contributed by atoms with Crippen LogP contribution in [0.2, 0.25) is 0 Å². The van der Waals surface area contributed by atoms with E-state index in [9.17, 15) is 9.46 Å². The summed E-state index contributed by atoms with van der Waals surface area (Å²) in [5, 5.41) is 3.38. The standard InChI is InChI=1S/C22H40NO2P/c1-3-5-6-7-8-9-10-12-21-13-15-22(16-14-21)20-23-17-11-19-26(24,25)18-4-2/h13-16,23H,3-12,17-20H2,1-2H3,(H,24,25). The van der Waals surface area contributed by atoms with Gasteiger partial charge in [-0.2, -0.15) is 0 Å². The Morgan fingerprint density at radius 1 is 0.808 bits per heavy atom. The van der Waals surface area contributed by atoms with Crippen LogP contribution in [0.1, 0.15) is 82.8 Å². The van der Waals surface area contributed by atoms with Gasteiger partial charge in [0, 0.05) is 18.9 Å². The van der Waals surface area contributed by atoms with Crippen LogP contribution in [0.15, 0.2) is 24.3 Å². The fourth-order valence-corrected chi connectivity index (χ4v) is 4.83. The van der Waals surface area contributed by atoms with E-state index in [0.29, 0.717) is 12.3 Å². The van der Waals surface area contributed by atoms with Crippen LogP contribution < -0.4 is 5.32 Å². The lowest BCUT2D eigenvalue weighted by Gasteiger charge is -2.10. The maximum absolute atomic E-state index is 11.8. The smallest absolute Gasteiger partial charge is 0.200 e. The molecule has 0 aliphatic heterocycles. The van der Waals surface area contributed by atoms with Crippen molar-refractivity contribution in [3.05, 3.63) is 35.4 Å². The number of nitrogens with one attached hydrogen (secondary N) is 1. The normalized spacial score (nSPS) is 13.7. The number of unbranched alkanes of at least 4 members (excludes halogenated alkanes) is 6. The fraction of sp³-hybridized carbons (Fsp3) is 0.727. The first kappa shape index (κ1) is 23.4. The molecule has 0 aliphatic rings. The van der Waals surface area contributed by atoms with Gasteiger partial charge in [0.25, 0.3) is 0 Å². The zero-order chi connectivity index (χ0) is 19.1. The summed E-state index contributed by atoms with van der Waals surface area (Å²) in [4.78, 5) is 9.73. The molecule has 0 saturated carbocycles. The molecule has 0 bridgehead atoms. The van der Waals surface area contributed by atoms with Gasteiger partial charge in [0.2, 0.25) is 7.37 Å². The number of hydrogen-bond acceptors (Lipinski definition) is 2. The van der Waals surface area contributed by atoms with Crippen molar-refractivity contribution in [1.29, 1.82) is 0 Å². The predicted molar refractivity (Wildman–Crippen MR) is 114 cm³/mol. The summed E-state index contributed by atoms with van der Waals surface area (Å²) in [5.74, 6) is 0. The van der Waals surface area contributed by atoms with Gasteiger partial charge in [0.15, 0.2) is 0 Å². The Balaban J connectivity index is 2.10. The zero-order valence-electron chi connectivity index (χ0n) is 17.0. The van der Waals surface area contributed by atoms with Crippen molar-refractivity contribution in [2.75, 3.05) is 18.9 Å². The van der Waals surface area contributed by atoms with E-state index in [0.717, 1.165) is 25.9 Å². The molecule has 1 atom stereocenters. The summed E-state index contributed by atoms with van der Waals surface area (Å²) in [7, 11) is -2.87. The second kappa shape index (κ2) is 14.4. The highest BCUT2D eigenvalue weighted by Crippen LogP contribution is 2.41. The average Bonchev–Trinajstić information content (AvgIpc) is 2.61. The summed E-state index contributed by atoms with van der Waals surface area (Å²) < 4.78 is 11.8. The van der Waals surface area contributed by atoms with E-state index < -0.39 is 7.37 Å². The van der Waals surface area contributed by atoms with Crippen molar-refractivity contribution in [2.24, 2.45) is 0 Å². The minimum absolute atomic E-state index is 0.436. The molecule has 1 rings (SSSR count). The Bertz CT molecular complexity index is 501. The Hall–Kier alpha value is -0.630. The lowest BCUT2D eigenvalue weighted by molar-refractivity contribution is 0.473. The van der Waals surface area contributed by atoms with E-state index in [4.69, 9.17) is 0 Å². The van der Waals surface area contributed by atoms with Gasteiger partial charge in [0.05, 0.1) is 0 Å². The fourth-order valence-electron chi connectivity index (χ4n) is 3.26. The summed E-state index contributed by atoms with van der Waals surface area (Å²) in [6.45, 7) is 5.85. The van der Waals surface area contributed by atoms with Crippen LogP contribution in [0.3, 0.4) is 0 Å². The van der Waals surface area contributed by atoms with Gasteiger partial charge >= 0.3 is 0 Å². The SMILES string of the molecule is CCCCCCCCCc1ccc(CNCCCP(=O)(O)CCC)cc1. The first-order valence-corrected chi connectivity index (χ1v) is 12.7. The topological polar surface area (TPSA) is 49.3 Å². The first-order chi connectivity index (χ1) is 12.6. The van der Waals surface area contributed by atoms with Crippen LogP contribution in [-0.2, 0) is 17.5 Å². The predicted octanol–water partition coefficient (Wildman–Crippen LogP) is 6.14. The lowest BCUT2D eigenvalue weighted by Crippen LogP contribution is -2.16. The third-order valence-electron chi connectivity index (χ3n) is 4.86. The van der Waals surface area contributed by atoms with Gasteiger partial charge in [-0.3, -0.25) is 4.57 Å². The maximum Gasteiger partial charge on any atom is 0.200 e. The molecule has 26 heavy (non-hydrogen) atoms. The second-order valence-electron chi connectivity index (χ2n) is 7.51. The molecule has 150 valence electrons. The molecule has 1 aromatic rings. The van der Waals surface area contributed by atoms with Gasteiger partial charge in [-0.05, 0) is 43.4 Å². The molecule has 0 fully saturated rings. The van der Waals surface area contributed by atoms with Crippen molar-refractivity contribution in [2.45, 2.75) is 84.6 Å². The van der Waals surface area contributed by atoms with Crippen molar-refractivity contribution in [3.8, 4) is 0 Å². The zero-order valence-corrected chi connectivity index (χ0v) is 17.9. The van der Waals surface area contributed by atoms with Crippen molar-refractivity contribution in [3.63, 3.8) is 0 Å². The largest absolute Gasteiger partial charge is 0.344 e. The highest BCUT2D eigenvalue weighted by Gasteiger charge is 2.15. The minimum atomic E-state index is -2.87. The van der Waals surface area contributed by atoms with E-state index in [-0.39, 0.29) is 0 Å². The molecule has 1 unspecified atom stereocenters. The third-order valence-corrected chi connectivity index (χ3v) is 7.02. The molecule has 1 aromatic carbocycles. The van der Waals surface area contributed by atoms with Crippen LogP contribution in [0.4, 0.5) is 0 Å². The van der Waals surface area contributed by atoms with E-state index in [2.05, 4.69) is 36.5 Å². The van der Waals surface area contributed by atoms with Crippen molar-refractivity contribution in [1.82, 2.24) is 5.32 Å². The number of hydrogen-bond donors (Lipinski definition) is 2. The van der Waals surface area contributed by atoms with Gasteiger partial charge < -0.3 is 10.2 Å². The minimum Gasteiger partial charge on any atom is -0.344 e. The van der Waals surface area contributed by atoms with Crippen LogP contribution >= 0.6 is 7.37 Å². The molecule has 0 aromatic heterocycles. The molecule has 0 heterocycles. The van der Waals surface area contributed by atoms with Crippen LogP contribution in [0, 0.1) is 0 Å². The average molecular weight is 382 g/mol. The van der Waals surface area contributed by atoms with Crippen LogP contribution in [0.5, 0.6) is 0 Å². The Morgan fingerprint density at radius 3 is 2.08 bits per heavy atom. The lowest BCUT2D eigenvalue weighted by atomic mass is 10.0. The summed E-state index contributed by atoms with van der Waals surface area (Å²) in [5.41, 5.74) is 2.72.